The molecular formula is C12H16N6O5. The van der Waals surface area contributed by atoms with Gasteiger partial charge in [0.25, 0.3) is 0 Å². The third-order valence-corrected chi connectivity index (χ3v) is 3.67. The standard InChI is InChI=1S/C12H16N6O5/c1-4(20)18-12(22)5(2-19)23-7(8(12)21)11-16-9(13)6-10(17-11)15-3-14-6/h3,5,7-8,19,21-22H,2H2,1H3,(H,18,20)(H3,13,14,15,16,17)/t5-,7-,8+,12-/m1/s1. The molecule has 0 aromatic carbocycles. The van der Waals surface area contributed by atoms with Crippen LogP contribution in [0.1, 0.15) is 18.9 Å². The fourth-order valence-electron chi connectivity index (χ4n) is 2.60. The zero-order valence-corrected chi connectivity index (χ0v) is 12.1. The van der Waals surface area contributed by atoms with E-state index in [0.717, 1.165) is 6.92 Å². The minimum absolute atomic E-state index is 0.0191. The van der Waals surface area contributed by atoms with E-state index >= 15 is 0 Å². The lowest BCUT2D eigenvalue weighted by Crippen LogP contribution is -2.61. The molecule has 0 bridgehead atoms. The Morgan fingerprint density at radius 2 is 2.30 bits per heavy atom. The first kappa shape index (κ1) is 15.6. The van der Waals surface area contributed by atoms with E-state index in [2.05, 4.69) is 25.3 Å². The molecule has 4 atom stereocenters. The van der Waals surface area contributed by atoms with Crippen molar-refractivity contribution in [2.24, 2.45) is 0 Å². The van der Waals surface area contributed by atoms with Crippen LogP contribution < -0.4 is 11.1 Å². The quantitative estimate of drug-likeness (QED) is 0.334. The summed E-state index contributed by atoms with van der Waals surface area (Å²) in [4.78, 5) is 26.1. The minimum atomic E-state index is -2.18. The number of hydrogen-bond donors (Lipinski definition) is 6. The maximum absolute atomic E-state index is 11.3. The number of nitrogen functional groups attached to an aromatic ring is 1. The first-order valence-electron chi connectivity index (χ1n) is 6.78. The molecule has 124 valence electrons. The Bertz CT molecular complexity index is 751. The third kappa shape index (κ3) is 2.39. The number of carbonyl (C=O) groups is 1. The van der Waals surface area contributed by atoms with Crippen LogP contribution in [0.15, 0.2) is 6.33 Å². The molecule has 1 fully saturated rings. The highest BCUT2D eigenvalue weighted by molar-refractivity contribution is 5.80. The molecule has 7 N–H and O–H groups in total. The van der Waals surface area contributed by atoms with E-state index in [4.69, 9.17) is 10.5 Å². The molecule has 1 amide bonds. The van der Waals surface area contributed by atoms with Crippen LogP contribution in [-0.2, 0) is 9.53 Å². The van der Waals surface area contributed by atoms with Crippen molar-refractivity contribution in [1.82, 2.24) is 25.3 Å². The number of aromatic amines is 1. The van der Waals surface area contributed by atoms with Crippen LogP contribution in [0.2, 0.25) is 0 Å². The van der Waals surface area contributed by atoms with Gasteiger partial charge in [-0.1, -0.05) is 0 Å². The lowest BCUT2D eigenvalue weighted by molar-refractivity contribution is -0.143. The molecule has 11 nitrogen and oxygen atoms in total. The number of aromatic nitrogens is 4. The van der Waals surface area contributed by atoms with Crippen molar-refractivity contribution >= 4 is 22.9 Å². The van der Waals surface area contributed by atoms with E-state index in [1.165, 1.54) is 6.33 Å². The van der Waals surface area contributed by atoms with E-state index < -0.39 is 36.6 Å². The molecule has 2 aromatic rings. The number of nitrogens with two attached hydrogens (primary N) is 1. The average Bonchev–Trinajstić information content (AvgIpc) is 3.03. The summed E-state index contributed by atoms with van der Waals surface area (Å²) in [6, 6.07) is 0. The number of rotatable bonds is 3. The Labute approximate surface area is 129 Å². The molecular weight excluding hydrogens is 308 g/mol. The second-order valence-corrected chi connectivity index (χ2v) is 5.25. The van der Waals surface area contributed by atoms with E-state index in [0.29, 0.717) is 5.52 Å². The summed E-state index contributed by atoms with van der Waals surface area (Å²) in [5.41, 5.74) is 4.30. The summed E-state index contributed by atoms with van der Waals surface area (Å²) < 4.78 is 5.42. The number of fused-ring (bicyclic) bond motifs is 1. The molecule has 11 heteroatoms. The van der Waals surface area contributed by atoms with Gasteiger partial charge in [0.15, 0.2) is 23.0 Å². The zero-order chi connectivity index (χ0) is 16.8. The molecule has 0 saturated carbocycles. The van der Waals surface area contributed by atoms with Crippen LogP contribution in [0.25, 0.3) is 11.2 Å². The van der Waals surface area contributed by atoms with Crippen molar-refractivity contribution in [3.63, 3.8) is 0 Å². The number of anilines is 1. The number of carbonyl (C=O) groups excluding carboxylic acids is 1. The Balaban J connectivity index is 2.00. The van der Waals surface area contributed by atoms with Crippen molar-refractivity contribution in [3.8, 4) is 0 Å². The zero-order valence-electron chi connectivity index (χ0n) is 12.1. The smallest absolute Gasteiger partial charge is 0.219 e. The minimum Gasteiger partial charge on any atom is -0.393 e. The SMILES string of the molecule is CC(=O)N[C@@]1(O)[C@@H](CO)O[C@@H](c2nc(N)c3[nH]cnc3n2)[C@@H]1O. The van der Waals surface area contributed by atoms with E-state index in [1.54, 1.807) is 0 Å². The summed E-state index contributed by atoms with van der Waals surface area (Å²) in [7, 11) is 0. The lowest BCUT2D eigenvalue weighted by atomic mass is 9.99. The highest BCUT2D eigenvalue weighted by Crippen LogP contribution is 2.38. The first-order valence-corrected chi connectivity index (χ1v) is 6.78. The fraction of sp³-hybridized carbons (Fsp3) is 0.500. The van der Waals surface area contributed by atoms with Crippen molar-refractivity contribution in [2.45, 2.75) is 31.0 Å². The highest BCUT2D eigenvalue weighted by Gasteiger charge is 2.57. The summed E-state index contributed by atoms with van der Waals surface area (Å²) in [6.07, 6.45) is -2.69. The monoisotopic (exact) mass is 324 g/mol. The van der Waals surface area contributed by atoms with E-state index in [1.807, 2.05) is 0 Å². The van der Waals surface area contributed by atoms with Gasteiger partial charge in [0.05, 0.1) is 12.9 Å². The van der Waals surface area contributed by atoms with Crippen LogP contribution in [0.3, 0.4) is 0 Å². The van der Waals surface area contributed by atoms with Crippen molar-refractivity contribution in [3.05, 3.63) is 12.2 Å². The van der Waals surface area contributed by atoms with Crippen LogP contribution in [0.4, 0.5) is 5.82 Å². The molecule has 3 rings (SSSR count). The number of amides is 1. The van der Waals surface area contributed by atoms with Gasteiger partial charge in [-0.25, -0.2) is 15.0 Å². The average molecular weight is 324 g/mol. The van der Waals surface area contributed by atoms with Crippen molar-refractivity contribution in [1.29, 1.82) is 0 Å². The molecule has 1 saturated heterocycles. The number of nitrogens with one attached hydrogen (secondary N) is 2. The Morgan fingerprint density at radius 3 is 2.96 bits per heavy atom. The van der Waals surface area contributed by atoms with Gasteiger partial charge in [-0.2, -0.15) is 0 Å². The lowest BCUT2D eigenvalue weighted by Gasteiger charge is -2.30. The van der Waals surface area contributed by atoms with Gasteiger partial charge in [-0.05, 0) is 0 Å². The number of aliphatic hydroxyl groups is 3. The van der Waals surface area contributed by atoms with Crippen molar-refractivity contribution < 1.29 is 24.9 Å². The Hall–Kier alpha value is -2.34. The van der Waals surface area contributed by atoms with Gasteiger partial charge in [0.1, 0.15) is 23.8 Å². The summed E-state index contributed by atoms with van der Waals surface area (Å²) in [5.74, 6) is -0.527. The molecule has 0 spiro atoms. The second kappa shape index (κ2) is 5.38. The topological polar surface area (TPSA) is 179 Å². The molecule has 0 unspecified atom stereocenters. The second-order valence-electron chi connectivity index (χ2n) is 5.25. The summed E-state index contributed by atoms with van der Waals surface area (Å²) in [6.45, 7) is 0.529. The van der Waals surface area contributed by atoms with Crippen LogP contribution in [0.5, 0.6) is 0 Å². The molecule has 1 aliphatic heterocycles. The predicted octanol–water partition coefficient (Wildman–Crippen LogP) is -2.45. The fourth-order valence-corrected chi connectivity index (χ4v) is 2.60. The van der Waals surface area contributed by atoms with Gasteiger partial charge in [0, 0.05) is 6.92 Å². The number of imidazole rings is 1. The third-order valence-electron chi connectivity index (χ3n) is 3.67. The molecule has 2 aromatic heterocycles. The molecule has 0 radical (unpaired) electrons. The van der Waals surface area contributed by atoms with Gasteiger partial charge in [-0.15, -0.1) is 0 Å². The maximum atomic E-state index is 11.3. The molecule has 1 aliphatic rings. The number of H-pyrrole nitrogens is 1. The number of nitrogens with zero attached hydrogens (tertiary/aromatic N) is 3. The predicted molar refractivity (Wildman–Crippen MR) is 75.6 cm³/mol. The summed E-state index contributed by atoms with van der Waals surface area (Å²) >= 11 is 0. The maximum Gasteiger partial charge on any atom is 0.219 e. The van der Waals surface area contributed by atoms with Crippen LogP contribution in [0, 0.1) is 0 Å². The van der Waals surface area contributed by atoms with E-state index in [-0.39, 0.29) is 17.3 Å². The largest absolute Gasteiger partial charge is 0.393 e. The normalized spacial score (nSPS) is 30.7. The number of hydrogen-bond acceptors (Lipinski definition) is 9. The van der Waals surface area contributed by atoms with Crippen LogP contribution in [-0.4, -0.2) is 65.7 Å². The first-order chi connectivity index (χ1) is 10.9. The van der Waals surface area contributed by atoms with Gasteiger partial charge in [-0.3, -0.25) is 4.79 Å². The van der Waals surface area contributed by atoms with Crippen molar-refractivity contribution in [2.75, 3.05) is 12.3 Å². The number of aliphatic hydroxyl groups excluding tert-OH is 2. The molecule has 3 heterocycles. The van der Waals surface area contributed by atoms with Crippen LogP contribution >= 0.6 is 0 Å². The Morgan fingerprint density at radius 1 is 1.57 bits per heavy atom. The summed E-state index contributed by atoms with van der Waals surface area (Å²) in [5, 5.41) is 32.4. The van der Waals surface area contributed by atoms with E-state index in [9.17, 15) is 20.1 Å². The molecule has 23 heavy (non-hydrogen) atoms. The van der Waals surface area contributed by atoms with Gasteiger partial charge >= 0.3 is 0 Å². The van der Waals surface area contributed by atoms with Gasteiger partial charge < -0.3 is 36.1 Å². The Kier molecular flexibility index (Phi) is 3.64. The highest BCUT2D eigenvalue weighted by atomic mass is 16.6. The van der Waals surface area contributed by atoms with Gasteiger partial charge in [0.2, 0.25) is 5.91 Å². The number of ether oxygens (including phenoxy) is 1. The molecule has 0 aliphatic carbocycles.